The highest BCUT2D eigenvalue weighted by atomic mass is 16.2. The normalized spacial score (nSPS) is 21.2. The molecule has 128 valence electrons. The molecular formula is C20H26N2O2. The van der Waals surface area contributed by atoms with Crippen molar-refractivity contribution in [3.8, 4) is 0 Å². The van der Waals surface area contributed by atoms with Crippen molar-refractivity contribution < 1.29 is 9.59 Å². The number of nitrogens with zero attached hydrogens (tertiary/aromatic N) is 2. The second-order valence-electron chi connectivity index (χ2n) is 6.89. The van der Waals surface area contributed by atoms with Crippen molar-refractivity contribution in [2.75, 3.05) is 0 Å². The van der Waals surface area contributed by atoms with E-state index >= 15 is 0 Å². The summed E-state index contributed by atoms with van der Waals surface area (Å²) in [4.78, 5) is 27.2. The molecule has 0 N–H and O–H groups in total. The number of hydrogen-bond acceptors (Lipinski definition) is 2. The van der Waals surface area contributed by atoms with E-state index in [1.165, 1.54) is 6.42 Å². The van der Waals surface area contributed by atoms with Crippen LogP contribution in [0.3, 0.4) is 0 Å². The van der Waals surface area contributed by atoms with Gasteiger partial charge in [-0.2, -0.15) is 0 Å². The Labute approximate surface area is 143 Å². The zero-order valence-corrected chi connectivity index (χ0v) is 14.8. The van der Waals surface area contributed by atoms with E-state index in [1.807, 2.05) is 46.9 Å². The maximum atomic E-state index is 12.9. The van der Waals surface area contributed by atoms with Gasteiger partial charge in [0.1, 0.15) is 6.54 Å². The topological polar surface area (TPSA) is 42.3 Å². The summed E-state index contributed by atoms with van der Waals surface area (Å²) >= 11 is 0. The number of likely N-dealkylation sites (tertiary alicyclic amines) is 1. The van der Waals surface area contributed by atoms with Gasteiger partial charge in [0.2, 0.25) is 5.91 Å². The van der Waals surface area contributed by atoms with E-state index in [4.69, 9.17) is 0 Å². The van der Waals surface area contributed by atoms with Crippen LogP contribution in [0.15, 0.2) is 30.5 Å². The van der Waals surface area contributed by atoms with E-state index in [2.05, 4.69) is 13.8 Å². The predicted octanol–water partition coefficient (Wildman–Crippen LogP) is 4.02. The van der Waals surface area contributed by atoms with Gasteiger partial charge in [0, 0.05) is 41.2 Å². The molecule has 0 bridgehead atoms. The van der Waals surface area contributed by atoms with Crippen molar-refractivity contribution in [1.82, 2.24) is 9.47 Å². The average molecular weight is 326 g/mol. The summed E-state index contributed by atoms with van der Waals surface area (Å²) in [6, 6.07) is 8.43. The summed E-state index contributed by atoms with van der Waals surface area (Å²) in [5.74, 6) is 0.267. The zero-order valence-electron chi connectivity index (χ0n) is 14.8. The molecule has 1 aliphatic heterocycles. The van der Waals surface area contributed by atoms with Crippen LogP contribution >= 0.6 is 0 Å². The number of carbonyl (C=O) groups excluding carboxylic acids is 2. The van der Waals surface area contributed by atoms with Gasteiger partial charge < -0.3 is 9.47 Å². The first-order valence-corrected chi connectivity index (χ1v) is 8.95. The number of benzene rings is 1. The Balaban J connectivity index is 1.92. The molecule has 0 spiro atoms. The average Bonchev–Trinajstić information content (AvgIpc) is 2.93. The van der Waals surface area contributed by atoms with Crippen LogP contribution in [0.1, 0.15) is 56.8 Å². The number of aromatic nitrogens is 1. The Kier molecular flexibility index (Phi) is 4.74. The van der Waals surface area contributed by atoms with Gasteiger partial charge >= 0.3 is 0 Å². The molecule has 1 aromatic carbocycles. The van der Waals surface area contributed by atoms with Gasteiger partial charge in [0.15, 0.2) is 5.78 Å². The van der Waals surface area contributed by atoms with Gasteiger partial charge in [-0.3, -0.25) is 9.59 Å². The van der Waals surface area contributed by atoms with E-state index in [0.717, 1.165) is 29.3 Å². The molecule has 2 unspecified atom stereocenters. The van der Waals surface area contributed by atoms with Gasteiger partial charge in [0.05, 0.1) is 0 Å². The molecule has 2 aromatic rings. The molecule has 2 heterocycles. The highest BCUT2D eigenvalue weighted by Crippen LogP contribution is 2.25. The van der Waals surface area contributed by atoms with Crippen LogP contribution in [0.2, 0.25) is 0 Å². The molecule has 0 saturated carbocycles. The van der Waals surface area contributed by atoms with Gasteiger partial charge in [-0.1, -0.05) is 25.1 Å². The number of carbonyl (C=O) groups is 2. The van der Waals surface area contributed by atoms with E-state index < -0.39 is 0 Å². The van der Waals surface area contributed by atoms with Gasteiger partial charge in [-0.25, -0.2) is 0 Å². The van der Waals surface area contributed by atoms with Crippen LogP contribution < -0.4 is 0 Å². The Bertz CT molecular complexity index is 752. The molecule has 2 atom stereocenters. The Morgan fingerprint density at radius 2 is 1.79 bits per heavy atom. The van der Waals surface area contributed by atoms with Crippen LogP contribution in [-0.4, -0.2) is 33.2 Å². The van der Waals surface area contributed by atoms with Gasteiger partial charge in [-0.15, -0.1) is 0 Å². The van der Waals surface area contributed by atoms with Crippen LogP contribution in [0.4, 0.5) is 0 Å². The molecule has 4 nitrogen and oxygen atoms in total. The highest BCUT2D eigenvalue weighted by Gasteiger charge is 2.29. The highest BCUT2D eigenvalue weighted by molar-refractivity contribution is 6.08. The maximum Gasteiger partial charge on any atom is 0.242 e. The molecule has 1 fully saturated rings. The lowest BCUT2D eigenvalue weighted by atomic mass is 9.97. The van der Waals surface area contributed by atoms with Crippen LogP contribution in [0.5, 0.6) is 0 Å². The first-order valence-electron chi connectivity index (χ1n) is 8.95. The number of amides is 1. The monoisotopic (exact) mass is 326 g/mol. The van der Waals surface area contributed by atoms with Crippen molar-refractivity contribution >= 4 is 22.6 Å². The number of ketones is 1. The summed E-state index contributed by atoms with van der Waals surface area (Å²) in [6.07, 6.45) is 5.66. The third-order valence-corrected chi connectivity index (χ3v) is 5.20. The molecular weight excluding hydrogens is 300 g/mol. The van der Waals surface area contributed by atoms with Crippen LogP contribution in [0.25, 0.3) is 10.9 Å². The number of rotatable bonds is 4. The molecule has 0 radical (unpaired) electrons. The summed E-state index contributed by atoms with van der Waals surface area (Å²) in [7, 11) is 0. The Morgan fingerprint density at radius 3 is 2.46 bits per heavy atom. The first kappa shape index (κ1) is 16.7. The minimum Gasteiger partial charge on any atom is -0.337 e. The lowest BCUT2D eigenvalue weighted by Crippen LogP contribution is -2.48. The second-order valence-corrected chi connectivity index (χ2v) is 6.89. The quantitative estimate of drug-likeness (QED) is 0.796. The minimum atomic E-state index is 0.122. The number of para-hydroxylation sites is 1. The fraction of sp³-hybridized carbons (Fsp3) is 0.500. The fourth-order valence-electron chi connectivity index (χ4n) is 3.93. The third kappa shape index (κ3) is 2.97. The third-order valence-electron chi connectivity index (χ3n) is 5.20. The lowest BCUT2D eigenvalue weighted by Gasteiger charge is -2.39. The Morgan fingerprint density at radius 1 is 1.12 bits per heavy atom. The summed E-state index contributed by atoms with van der Waals surface area (Å²) in [5, 5.41) is 0.942. The molecule has 4 heteroatoms. The molecule has 1 amide bonds. The predicted molar refractivity (Wildman–Crippen MR) is 96.2 cm³/mol. The maximum absolute atomic E-state index is 12.9. The number of fused-ring (bicyclic) bond motifs is 1. The molecule has 0 aliphatic carbocycles. The number of Topliss-reactive ketones (excluding diaryl/α,β-unsaturated/α-hetero) is 1. The van der Waals surface area contributed by atoms with Crippen molar-refractivity contribution in [3.63, 3.8) is 0 Å². The summed E-state index contributed by atoms with van der Waals surface area (Å²) < 4.78 is 1.94. The number of piperidine rings is 1. The van der Waals surface area contributed by atoms with E-state index in [0.29, 0.717) is 25.0 Å². The molecule has 1 saturated heterocycles. The largest absolute Gasteiger partial charge is 0.337 e. The fourth-order valence-corrected chi connectivity index (χ4v) is 3.93. The smallest absolute Gasteiger partial charge is 0.242 e. The SMILES string of the molecule is CCC(=O)c1cn(CC(=O)N2C(C)CCCC2C)c2ccccc12. The zero-order chi connectivity index (χ0) is 17.3. The van der Waals surface area contributed by atoms with Crippen LogP contribution in [0, 0.1) is 0 Å². The second kappa shape index (κ2) is 6.80. The molecule has 24 heavy (non-hydrogen) atoms. The molecule has 1 aliphatic rings. The Hall–Kier alpha value is -2.10. The minimum absolute atomic E-state index is 0.122. The van der Waals surface area contributed by atoms with Crippen molar-refractivity contribution in [1.29, 1.82) is 0 Å². The number of hydrogen-bond donors (Lipinski definition) is 0. The van der Waals surface area contributed by atoms with Crippen molar-refractivity contribution in [2.24, 2.45) is 0 Å². The summed E-state index contributed by atoms with van der Waals surface area (Å²) in [5.41, 5.74) is 1.68. The first-order chi connectivity index (χ1) is 11.5. The summed E-state index contributed by atoms with van der Waals surface area (Å²) in [6.45, 7) is 6.43. The van der Waals surface area contributed by atoms with Gasteiger partial charge in [-0.05, 0) is 39.2 Å². The van der Waals surface area contributed by atoms with E-state index in [1.54, 1.807) is 0 Å². The van der Waals surface area contributed by atoms with Crippen molar-refractivity contribution in [3.05, 3.63) is 36.0 Å². The molecule has 1 aromatic heterocycles. The molecule has 3 rings (SSSR count). The van der Waals surface area contributed by atoms with Crippen LogP contribution in [-0.2, 0) is 11.3 Å². The lowest BCUT2D eigenvalue weighted by molar-refractivity contribution is -0.137. The van der Waals surface area contributed by atoms with Gasteiger partial charge in [0.25, 0.3) is 0 Å². The van der Waals surface area contributed by atoms with E-state index in [-0.39, 0.29) is 11.7 Å². The van der Waals surface area contributed by atoms with Crippen molar-refractivity contribution in [2.45, 2.75) is 65.1 Å². The van der Waals surface area contributed by atoms with E-state index in [9.17, 15) is 9.59 Å². The standard InChI is InChI=1S/C20H26N2O2/c1-4-19(23)17-12-21(18-11-6-5-10-16(17)18)13-20(24)22-14(2)8-7-9-15(22)3/h5-6,10-12,14-15H,4,7-9,13H2,1-3H3.